The van der Waals surface area contributed by atoms with Gasteiger partial charge in [0.1, 0.15) is 5.75 Å². The Morgan fingerprint density at radius 2 is 1.56 bits per heavy atom. The zero-order chi connectivity index (χ0) is 18.6. The first-order valence-electron chi connectivity index (χ1n) is 10.1. The van der Waals surface area contributed by atoms with Crippen molar-refractivity contribution in [3.05, 3.63) is 65.2 Å². The Morgan fingerprint density at radius 1 is 0.963 bits per heavy atom. The van der Waals surface area contributed by atoms with Crippen molar-refractivity contribution in [3.63, 3.8) is 0 Å². The average Bonchev–Trinajstić information content (AvgIpc) is 2.75. The topological polar surface area (TPSA) is 38.3 Å². The molecule has 1 amide bonds. The SMILES string of the molecule is Cc1ccc(OC(=O)NC23CC4CC(C)(CC(C2)c2ccccc24)C3)cc1. The number of nitrogens with one attached hydrogen (secondary N) is 1. The fourth-order valence-corrected chi connectivity index (χ4v) is 6.35. The minimum Gasteiger partial charge on any atom is -0.410 e. The third-order valence-corrected chi connectivity index (χ3v) is 6.99. The Hall–Kier alpha value is -2.29. The molecule has 4 aliphatic rings. The molecule has 0 heterocycles. The van der Waals surface area contributed by atoms with Crippen LogP contribution in [-0.2, 0) is 0 Å². The van der Waals surface area contributed by atoms with E-state index in [1.807, 2.05) is 31.2 Å². The van der Waals surface area contributed by atoms with E-state index < -0.39 is 0 Å². The summed E-state index contributed by atoms with van der Waals surface area (Å²) in [7, 11) is 0. The van der Waals surface area contributed by atoms with E-state index in [2.05, 4.69) is 36.5 Å². The maximum atomic E-state index is 12.7. The van der Waals surface area contributed by atoms with Crippen molar-refractivity contribution in [1.29, 1.82) is 0 Å². The lowest BCUT2D eigenvalue weighted by Gasteiger charge is -2.53. The number of carbonyl (C=O) groups excluding carboxylic acids is 1. The van der Waals surface area contributed by atoms with Gasteiger partial charge >= 0.3 is 6.09 Å². The zero-order valence-corrected chi connectivity index (χ0v) is 16.1. The maximum absolute atomic E-state index is 12.7. The summed E-state index contributed by atoms with van der Waals surface area (Å²) in [6, 6.07) is 16.6. The number of ether oxygens (including phenoxy) is 1. The van der Waals surface area contributed by atoms with E-state index in [0.717, 1.165) is 24.8 Å². The molecule has 2 atom stereocenters. The van der Waals surface area contributed by atoms with Gasteiger partial charge < -0.3 is 10.1 Å². The Balaban J connectivity index is 1.42. The summed E-state index contributed by atoms with van der Waals surface area (Å²) in [6.45, 7) is 4.44. The van der Waals surface area contributed by atoms with Gasteiger partial charge in [0.15, 0.2) is 0 Å². The Labute approximate surface area is 161 Å². The van der Waals surface area contributed by atoms with Gasteiger partial charge in [0.05, 0.1) is 0 Å². The van der Waals surface area contributed by atoms with Gasteiger partial charge in [-0.15, -0.1) is 0 Å². The Kier molecular flexibility index (Phi) is 3.65. The highest BCUT2D eigenvalue weighted by atomic mass is 16.6. The Bertz CT molecular complexity index is 851. The first-order chi connectivity index (χ1) is 12.9. The standard InChI is InChI=1S/C24H27NO2/c1-16-7-9-19(10-8-16)27-22(26)25-24-13-17-11-23(2,15-24)12-18(14-24)21-6-4-3-5-20(17)21/h3-10,17-18H,11-15H2,1-2H3,(H,25,26). The van der Waals surface area contributed by atoms with Gasteiger partial charge in [-0.3, -0.25) is 0 Å². The minimum atomic E-state index is -0.312. The van der Waals surface area contributed by atoms with Gasteiger partial charge in [0.2, 0.25) is 0 Å². The molecule has 2 aromatic rings. The Morgan fingerprint density at radius 3 is 2.15 bits per heavy atom. The number of carbonyl (C=O) groups is 1. The normalized spacial score (nSPS) is 33.3. The molecular formula is C24H27NO2. The average molecular weight is 361 g/mol. The molecule has 140 valence electrons. The van der Waals surface area contributed by atoms with E-state index in [0.29, 0.717) is 23.0 Å². The van der Waals surface area contributed by atoms with E-state index in [1.54, 1.807) is 0 Å². The van der Waals surface area contributed by atoms with Crippen LogP contribution in [0.5, 0.6) is 5.75 Å². The van der Waals surface area contributed by atoms with E-state index in [-0.39, 0.29) is 11.6 Å². The van der Waals surface area contributed by atoms with E-state index >= 15 is 0 Å². The summed E-state index contributed by atoms with van der Waals surface area (Å²) in [6.07, 6.45) is 5.27. The first kappa shape index (κ1) is 16.9. The van der Waals surface area contributed by atoms with Crippen LogP contribution in [0, 0.1) is 12.3 Å². The van der Waals surface area contributed by atoms with Crippen LogP contribution < -0.4 is 10.1 Å². The number of benzene rings is 2. The molecule has 0 aromatic heterocycles. The number of hydrogen-bond donors (Lipinski definition) is 1. The van der Waals surface area contributed by atoms with Crippen molar-refractivity contribution < 1.29 is 9.53 Å². The number of hydrogen-bond acceptors (Lipinski definition) is 2. The van der Waals surface area contributed by atoms with Crippen LogP contribution in [0.2, 0.25) is 0 Å². The van der Waals surface area contributed by atoms with E-state index in [1.165, 1.54) is 24.0 Å². The van der Waals surface area contributed by atoms with Crippen molar-refractivity contribution in [2.75, 3.05) is 0 Å². The lowest BCUT2D eigenvalue weighted by atomic mass is 9.55. The van der Waals surface area contributed by atoms with Crippen molar-refractivity contribution >= 4 is 6.09 Å². The van der Waals surface area contributed by atoms with Crippen molar-refractivity contribution in [3.8, 4) is 5.75 Å². The summed E-state index contributed by atoms with van der Waals surface area (Å²) in [5.41, 5.74) is 4.33. The molecule has 0 saturated heterocycles. The van der Waals surface area contributed by atoms with E-state index in [4.69, 9.17) is 4.74 Å². The van der Waals surface area contributed by atoms with Crippen LogP contribution in [0.15, 0.2) is 48.5 Å². The smallest absolute Gasteiger partial charge is 0.410 e. The van der Waals surface area contributed by atoms with E-state index in [9.17, 15) is 4.79 Å². The zero-order valence-electron chi connectivity index (χ0n) is 16.1. The van der Waals surface area contributed by atoms with Crippen LogP contribution >= 0.6 is 0 Å². The summed E-state index contributed by atoms with van der Waals surface area (Å²) in [5.74, 6) is 1.68. The number of amides is 1. The quantitative estimate of drug-likeness (QED) is 0.746. The molecule has 1 N–H and O–H groups in total. The molecule has 4 bridgehead atoms. The molecule has 2 unspecified atom stereocenters. The molecule has 6 rings (SSSR count). The molecule has 3 nitrogen and oxygen atoms in total. The summed E-state index contributed by atoms with van der Waals surface area (Å²) in [5, 5.41) is 3.33. The first-order valence-corrected chi connectivity index (χ1v) is 10.1. The van der Waals surface area contributed by atoms with Gasteiger partial charge in [0, 0.05) is 5.54 Å². The van der Waals surface area contributed by atoms with Gasteiger partial charge in [-0.25, -0.2) is 4.79 Å². The summed E-state index contributed by atoms with van der Waals surface area (Å²) < 4.78 is 5.61. The fourth-order valence-electron chi connectivity index (χ4n) is 6.35. The molecule has 0 radical (unpaired) electrons. The summed E-state index contributed by atoms with van der Waals surface area (Å²) >= 11 is 0. The second kappa shape index (κ2) is 5.85. The lowest BCUT2D eigenvalue weighted by molar-refractivity contribution is 0.0333. The third kappa shape index (κ3) is 2.93. The number of aryl methyl sites for hydroxylation is 1. The van der Waals surface area contributed by atoms with Gasteiger partial charge in [-0.05, 0) is 79.5 Å². The molecule has 2 saturated carbocycles. The van der Waals surface area contributed by atoms with Gasteiger partial charge in [-0.1, -0.05) is 48.9 Å². The van der Waals surface area contributed by atoms with Crippen LogP contribution in [0.4, 0.5) is 4.79 Å². The maximum Gasteiger partial charge on any atom is 0.413 e. The predicted octanol–water partition coefficient (Wildman–Crippen LogP) is 5.69. The minimum absolute atomic E-state index is 0.151. The molecule has 2 fully saturated rings. The van der Waals surface area contributed by atoms with Gasteiger partial charge in [-0.2, -0.15) is 0 Å². The van der Waals surface area contributed by atoms with Gasteiger partial charge in [0.25, 0.3) is 0 Å². The largest absolute Gasteiger partial charge is 0.413 e. The highest BCUT2D eigenvalue weighted by Gasteiger charge is 2.55. The second-order valence-corrected chi connectivity index (χ2v) is 9.43. The van der Waals surface area contributed by atoms with Crippen molar-refractivity contribution in [1.82, 2.24) is 5.32 Å². The van der Waals surface area contributed by atoms with Crippen LogP contribution in [-0.4, -0.2) is 11.6 Å². The fraction of sp³-hybridized carbons (Fsp3) is 0.458. The van der Waals surface area contributed by atoms with Crippen molar-refractivity contribution in [2.45, 2.75) is 63.3 Å². The molecule has 2 aromatic carbocycles. The lowest BCUT2D eigenvalue weighted by Crippen LogP contribution is -2.58. The molecule has 0 aliphatic heterocycles. The summed E-state index contributed by atoms with van der Waals surface area (Å²) in [4.78, 5) is 12.7. The predicted molar refractivity (Wildman–Crippen MR) is 106 cm³/mol. The molecule has 0 spiro atoms. The third-order valence-electron chi connectivity index (χ3n) is 6.99. The monoisotopic (exact) mass is 361 g/mol. The molecule has 3 heteroatoms. The highest BCUT2D eigenvalue weighted by Crippen LogP contribution is 2.62. The van der Waals surface area contributed by atoms with Crippen LogP contribution in [0.3, 0.4) is 0 Å². The van der Waals surface area contributed by atoms with Crippen LogP contribution in [0.25, 0.3) is 0 Å². The number of rotatable bonds is 2. The second-order valence-electron chi connectivity index (χ2n) is 9.43. The van der Waals surface area contributed by atoms with Crippen LogP contribution in [0.1, 0.15) is 67.6 Å². The highest BCUT2D eigenvalue weighted by molar-refractivity contribution is 5.71. The molecule has 4 aliphatic carbocycles. The van der Waals surface area contributed by atoms with Crippen molar-refractivity contribution in [2.24, 2.45) is 5.41 Å². The molecular weight excluding hydrogens is 334 g/mol. The molecule has 27 heavy (non-hydrogen) atoms.